The number of hydrogen-bond acceptors (Lipinski definition) is 4. The lowest BCUT2D eigenvalue weighted by atomic mass is 10.00. The van der Waals surface area contributed by atoms with Crippen LogP contribution in [-0.4, -0.2) is 67.5 Å². The molecule has 2 unspecified atom stereocenters. The summed E-state index contributed by atoms with van der Waals surface area (Å²) in [4.78, 5) is 6.86. The molecular weight excluding hydrogens is 455 g/mol. The Morgan fingerprint density at radius 1 is 1.33 bits per heavy atom. The first-order valence-electron chi connectivity index (χ1n) is 9.85. The van der Waals surface area contributed by atoms with Crippen LogP contribution in [0.4, 0.5) is 0 Å². The number of rotatable bonds is 7. The van der Waals surface area contributed by atoms with Gasteiger partial charge in [0.2, 0.25) is 0 Å². The fraction of sp³-hybridized carbons (Fsp3) is 0.650. The van der Waals surface area contributed by atoms with E-state index in [4.69, 9.17) is 4.74 Å². The zero-order valence-electron chi connectivity index (χ0n) is 16.2. The molecule has 2 heterocycles. The Balaban J connectivity index is 0.00000261. The van der Waals surface area contributed by atoms with Crippen LogP contribution in [0.25, 0.3) is 0 Å². The molecule has 1 fully saturated rings. The maximum atomic E-state index is 10.4. The number of halogens is 1. The van der Waals surface area contributed by atoms with Crippen molar-refractivity contribution in [3.8, 4) is 0 Å². The van der Waals surface area contributed by atoms with Crippen LogP contribution in [0.15, 0.2) is 29.3 Å². The second-order valence-corrected chi connectivity index (χ2v) is 7.14. The number of aliphatic hydroxyl groups is 1. The van der Waals surface area contributed by atoms with E-state index in [1.807, 2.05) is 6.92 Å². The summed E-state index contributed by atoms with van der Waals surface area (Å²) >= 11 is 0. The van der Waals surface area contributed by atoms with Crippen LogP contribution in [0.5, 0.6) is 0 Å². The molecule has 0 spiro atoms. The van der Waals surface area contributed by atoms with Gasteiger partial charge in [-0.05, 0) is 37.3 Å². The van der Waals surface area contributed by atoms with Crippen LogP contribution in [0, 0.1) is 0 Å². The fourth-order valence-electron chi connectivity index (χ4n) is 3.62. The highest BCUT2D eigenvalue weighted by Gasteiger charge is 2.19. The van der Waals surface area contributed by atoms with E-state index in [9.17, 15) is 5.11 Å². The highest BCUT2D eigenvalue weighted by atomic mass is 127. The highest BCUT2D eigenvalue weighted by Crippen LogP contribution is 2.18. The van der Waals surface area contributed by atoms with Gasteiger partial charge in [0.1, 0.15) is 0 Å². The van der Waals surface area contributed by atoms with E-state index in [1.165, 1.54) is 11.1 Å². The van der Waals surface area contributed by atoms with Gasteiger partial charge in [0, 0.05) is 39.3 Å². The average molecular weight is 488 g/mol. The molecule has 1 aromatic rings. The van der Waals surface area contributed by atoms with Crippen LogP contribution in [-0.2, 0) is 17.7 Å². The number of nitrogens with one attached hydrogen (secondary N) is 2. The van der Waals surface area contributed by atoms with E-state index in [0.29, 0.717) is 13.1 Å². The van der Waals surface area contributed by atoms with E-state index in [-0.39, 0.29) is 30.1 Å². The highest BCUT2D eigenvalue weighted by molar-refractivity contribution is 14.0. The second-order valence-electron chi connectivity index (χ2n) is 7.14. The van der Waals surface area contributed by atoms with Crippen LogP contribution >= 0.6 is 24.0 Å². The first-order chi connectivity index (χ1) is 12.7. The summed E-state index contributed by atoms with van der Waals surface area (Å²) in [7, 11) is 0. The van der Waals surface area contributed by atoms with Crippen LogP contribution < -0.4 is 10.6 Å². The molecule has 0 bridgehead atoms. The molecule has 3 rings (SSSR count). The van der Waals surface area contributed by atoms with Crippen molar-refractivity contribution in [1.29, 1.82) is 0 Å². The van der Waals surface area contributed by atoms with Crippen molar-refractivity contribution >= 4 is 29.9 Å². The van der Waals surface area contributed by atoms with Crippen molar-refractivity contribution in [2.75, 3.05) is 39.3 Å². The number of aliphatic imine (C=N–C) groups is 1. The topological polar surface area (TPSA) is 69.1 Å². The molecule has 0 saturated carbocycles. The first kappa shape index (κ1) is 22.4. The lowest BCUT2D eigenvalue weighted by molar-refractivity contribution is 0.111. The summed E-state index contributed by atoms with van der Waals surface area (Å²) in [6.07, 6.45) is 3.11. The second kappa shape index (κ2) is 11.8. The van der Waals surface area contributed by atoms with E-state index < -0.39 is 6.10 Å². The zero-order valence-corrected chi connectivity index (χ0v) is 18.5. The van der Waals surface area contributed by atoms with Gasteiger partial charge in [0.25, 0.3) is 0 Å². The Labute approximate surface area is 179 Å². The molecule has 0 radical (unpaired) electrons. The smallest absolute Gasteiger partial charge is 0.191 e. The van der Waals surface area contributed by atoms with Crippen molar-refractivity contribution < 1.29 is 9.84 Å². The number of nitrogens with zero attached hydrogens (tertiary/aromatic N) is 2. The number of aliphatic hydroxyl groups excluding tert-OH is 1. The van der Waals surface area contributed by atoms with Gasteiger partial charge >= 0.3 is 0 Å². The molecule has 0 aromatic heterocycles. The summed E-state index contributed by atoms with van der Waals surface area (Å²) in [6.45, 7) is 7.44. The molecule has 2 atom stereocenters. The number of fused-ring (bicyclic) bond motifs is 1. The number of ether oxygens (including phenoxy) is 1. The van der Waals surface area contributed by atoms with Crippen molar-refractivity contribution in [1.82, 2.24) is 15.5 Å². The number of β-amino-alcohol motifs (C(OH)–C–C–N with tert-alkyl or cyclic N) is 1. The van der Waals surface area contributed by atoms with Crippen molar-refractivity contribution in [3.63, 3.8) is 0 Å². The quantitative estimate of drug-likeness (QED) is 0.310. The molecule has 1 saturated heterocycles. The van der Waals surface area contributed by atoms with Crippen molar-refractivity contribution in [2.45, 2.75) is 44.9 Å². The largest absolute Gasteiger partial charge is 0.390 e. The molecule has 27 heavy (non-hydrogen) atoms. The molecular formula is C20H33IN4O2. The van der Waals surface area contributed by atoms with Gasteiger partial charge in [-0.3, -0.25) is 9.89 Å². The van der Waals surface area contributed by atoms with Gasteiger partial charge < -0.3 is 20.5 Å². The third-order valence-corrected chi connectivity index (χ3v) is 5.00. The predicted molar refractivity (Wildman–Crippen MR) is 120 cm³/mol. The van der Waals surface area contributed by atoms with Crippen LogP contribution in [0.3, 0.4) is 0 Å². The average Bonchev–Trinajstić information content (AvgIpc) is 3.17. The first-order valence-corrected chi connectivity index (χ1v) is 9.85. The van der Waals surface area contributed by atoms with Gasteiger partial charge in [-0.15, -0.1) is 24.0 Å². The number of benzene rings is 1. The number of guanidine groups is 1. The fourth-order valence-corrected chi connectivity index (χ4v) is 3.62. The zero-order chi connectivity index (χ0) is 18.2. The van der Waals surface area contributed by atoms with E-state index in [2.05, 4.69) is 44.8 Å². The standard InChI is InChI=1S/C20H32N4O2.HI/c1-2-21-20(23-13-19-8-5-11-26-19)22-12-18(25)15-24-10-9-16-6-3-4-7-17(16)14-24;/h3-4,6-7,18-19,25H,2,5,8-15H2,1H3,(H2,21,22,23);1H. The molecule has 2 aliphatic rings. The van der Waals surface area contributed by atoms with Crippen LogP contribution in [0.2, 0.25) is 0 Å². The summed E-state index contributed by atoms with van der Waals surface area (Å²) < 4.78 is 5.63. The summed E-state index contributed by atoms with van der Waals surface area (Å²) in [5.74, 6) is 0.756. The molecule has 1 aromatic carbocycles. The van der Waals surface area contributed by atoms with E-state index in [1.54, 1.807) is 0 Å². The van der Waals surface area contributed by atoms with Crippen molar-refractivity contribution in [3.05, 3.63) is 35.4 Å². The Morgan fingerprint density at radius 2 is 2.15 bits per heavy atom. The maximum absolute atomic E-state index is 10.4. The summed E-state index contributed by atoms with van der Waals surface area (Å²) in [6, 6.07) is 8.58. The maximum Gasteiger partial charge on any atom is 0.191 e. The lowest BCUT2D eigenvalue weighted by Gasteiger charge is -2.30. The molecule has 6 nitrogen and oxygen atoms in total. The Kier molecular flexibility index (Phi) is 9.81. The molecule has 0 amide bonds. The van der Waals surface area contributed by atoms with Gasteiger partial charge in [-0.25, -0.2) is 0 Å². The third-order valence-electron chi connectivity index (χ3n) is 5.00. The molecule has 7 heteroatoms. The van der Waals surface area contributed by atoms with Gasteiger partial charge in [-0.1, -0.05) is 24.3 Å². The Hall–Kier alpha value is -0.900. The summed E-state index contributed by atoms with van der Waals surface area (Å²) in [5, 5.41) is 17.0. The Bertz CT molecular complexity index is 593. The molecule has 0 aliphatic carbocycles. The number of hydrogen-bond donors (Lipinski definition) is 3. The van der Waals surface area contributed by atoms with E-state index in [0.717, 1.165) is 58.0 Å². The minimum absolute atomic E-state index is 0. The molecule has 3 N–H and O–H groups in total. The Morgan fingerprint density at radius 3 is 2.89 bits per heavy atom. The third kappa shape index (κ3) is 7.21. The van der Waals surface area contributed by atoms with E-state index >= 15 is 0 Å². The van der Waals surface area contributed by atoms with Gasteiger partial charge in [0.15, 0.2) is 5.96 Å². The normalized spacial score (nSPS) is 21.3. The predicted octanol–water partition coefficient (Wildman–Crippen LogP) is 1.76. The van der Waals surface area contributed by atoms with Gasteiger partial charge in [0.05, 0.1) is 18.8 Å². The lowest BCUT2D eigenvalue weighted by Crippen LogP contribution is -2.42. The van der Waals surface area contributed by atoms with Crippen LogP contribution in [0.1, 0.15) is 30.9 Å². The minimum Gasteiger partial charge on any atom is -0.390 e. The SMILES string of the molecule is CCNC(=NCC(O)CN1CCc2ccccc2C1)NCC1CCCO1.I. The van der Waals surface area contributed by atoms with Crippen molar-refractivity contribution in [2.24, 2.45) is 4.99 Å². The van der Waals surface area contributed by atoms with Gasteiger partial charge in [-0.2, -0.15) is 0 Å². The molecule has 152 valence electrons. The minimum atomic E-state index is -0.460. The monoisotopic (exact) mass is 488 g/mol. The molecule has 2 aliphatic heterocycles. The summed E-state index contributed by atoms with van der Waals surface area (Å²) in [5.41, 5.74) is 2.81.